The minimum Gasteiger partial charge on any atom is -0.257 e. The van der Waals surface area contributed by atoms with E-state index in [0.717, 1.165) is 16.8 Å². The number of anilines is 1. The normalized spacial score (nSPS) is 16.7. The van der Waals surface area contributed by atoms with Gasteiger partial charge >= 0.3 is 0 Å². The van der Waals surface area contributed by atoms with Crippen LogP contribution in [0, 0.1) is 11.6 Å². The molecule has 0 bridgehead atoms. The molecule has 29 heavy (non-hydrogen) atoms. The van der Waals surface area contributed by atoms with Crippen molar-refractivity contribution in [2.75, 3.05) is 5.01 Å². The maximum absolute atomic E-state index is 13.4. The average Bonchev–Trinajstić information content (AvgIpc) is 3.14. The van der Waals surface area contributed by atoms with Crippen LogP contribution in [-0.4, -0.2) is 14.1 Å². The molecule has 0 saturated carbocycles. The molecule has 0 spiro atoms. The fourth-order valence-corrected chi connectivity index (χ4v) is 3.81. The van der Waals surface area contributed by atoms with E-state index in [-0.39, 0.29) is 22.6 Å². The molecule has 0 saturated heterocycles. The summed E-state index contributed by atoms with van der Waals surface area (Å²) in [6, 6.07) is 18.0. The SMILES string of the molecule is NS(=O)(=O)c1ccc(N2N=C(c3ccc(F)cc3)C[C@H]2c2ccc(F)cc2)cc1. The van der Waals surface area contributed by atoms with Gasteiger partial charge in [0.25, 0.3) is 0 Å². The van der Waals surface area contributed by atoms with Crippen LogP contribution in [0.3, 0.4) is 0 Å². The predicted molar refractivity (Wildman–Crippen MR) is 107 cm³/mol. The molecule has 0 radical (unpaired) electrons. The Kier molecular flexibility index (Phi) is 4.89. The van der Waals surface area contributed by atoms with Gasteiger partial charge in [0.15, 0.2) is 0 Å². The molecule has 3 aromatic carbocycles. The second-order valence-electron chi connectivity index (χ2n) is 6.71. The quantitative estimate of drug-likeness (QED) is 0.703. The number of hydrazone groups is 1. The maximum Gasteiger partial charge on any atom is 0.238 e. The second-order valence-corrected chi connectivity index (χ2v) is 8.27. The third-order valence-electron chi connectivity index (χ3n) is 4.77. The Morgan fingerprint density at radius 2 is 1.41 bits per heavy atom. The molecule has 0 fully saturated rings. The summed E-state index contributed by atoms with van der Waals surface area (Å²) in [5.74, 6) is -0.673. The number of benzene rings is 3. The smallest absolute Gasteiger partial charge is 0.238 e. The molecular formula is C21H17F2N3O2S. The summed E-state index contributed by atoms with van der Waals surface area (Å²) >= 11 is 0. The first-order chi connectivity index (χ1) is 13.8. The van der Waals surface area contributed by atoms with Crippen molar-refractivity contribution in [2.45, 2.75) is 17.4 Å². The number of rotatable bonds is 4. The molecular weight excluding hydrogens is 396 g/mol. The zero-order chi connectivity index (χ0) is 20.6. The molecule has 0 aliphatic carbocycles. The van der Waals surface area contributed by atoms with Gasteiger partial charge in [0, 0.05) is 6.42 Å². The van der Waals surface area contributed by atoms with E-state index in [1.807, 2.05) is 0 Å². The first-order valence-corrected chi connectivity index (χ1v) is 10.4. The Hall–Kier alpha value is -3.10. The van der Waals surface area contributed by atoms with E-state index >= 15 is 0 Å². The highest BCUT2D eigenvalue weighted by molar-refractivity contribution is 7.89. The van der Waals surface area contributed by atoms with Crippen molar-refractivity contribution in [1.82, 2.24) is 0 Å². The molecule has 0 amide bonds. The molecule has 5 nitrogen and oxygen atoms in total. The molecule has 1 heterocycles. The lowest BCUT2D eigenvalue weighted by Crippen LogP contribution is -2.19. The topological polar surface area (TPSA) is 75.8 Å². The molecule has 148 valence electrons. The van der Waals surface area contributed by atoms with Gasteiger partial charge in [-0.05, 0) is 59.7 Å². The van der Waals surface area contributed by atoms with Gasteiger partial charge in [-0.15, -0.1) is 0 Å². The van der Waals surface area contributed by atoms with Gasteiger partial charge in [0.2, 0.25) is 10.0 Å². The highest BCUT2D eigenvalue weighted by Crippen LogP contribution is 2.37. The Bertz CT molecular complexity index is 1160. The molecule has 8 heteroatoms. The molecule has 1 aliphatic heterocycles. The molecule has 1 atom stereocenters. The van der Waals surface area contributed by atoms with E-state index in [9.17, 15) is 17.2 Å². The van der Waals surface area contributed by atoms with E-state index < -0.39 is 10.0 Å². The molecule has 4 rings (SSSR count). The molecule has 1 aliphatic rings. The van der Waals surface area contributed by atoms with Crippen molar-refractivity contribution in [2.24, 2.45) is 10.2 Å². The number of primary sulfonamides is 1. The van der Waals surface area contributed by atoms with Crippen LogP contribution in [0.2, 0.25) is 0 Å². The third-order valence-corrected chi connectivity index (χ3v) is 5.70. The van der Waals surface area contributed by atoms with Gasteiger partial charge in [-0.3, -0.25) is 5.01 Å². The van der Waals surface area contributed by atoms with Gasteiger partial charge in [0.05, 0.1) is 22.3 Å². The second kappa shape index (κ2) is 7.38. The Balaban J connectivity index is 1.74. The molecule has 3 aromatic rings. The largest absolute Gasteiger partial charge is 0.257 e. The van der Waals surface area contributed by atoms with E-state index in [2.05, 4.69) is 5.10 Å². The lowest BCUT2D eigenvalue weighted by molar-refractivity contribution is 0.597. The summed E-state index contributed by atoms with van der Waals surface area (Å²) in [5, 5.41) is 11.6. The fourth-order valence-electron chi connectivity index (χ4n) is 3.30. The van der Waals surface area contributed by atoms with Gasteiger partial charge in [-0.25, -0.2) is 22.3 Å². The van der Waals surface area contributed by atoms with Crippen molar-refractivity contribution in [3.05, 3.63) is 95.6 Å². The highest BCUT2D eigenvalue weighted by atomic mass is 32.2. The Morgan fingerprint density at radius 3 is 1.97 bits per heavy atom. The van der Waals surface area contributed by atoms with Crippen LogP contribution in [0.4, 0.5) is 14.5 Å². The summed E-state index contributed by atoms with van der Waals surface area (Å²) in [6.45, 7) is 0. The van der Waals surface area contributed by atoms with Gasteiger partial charge < -0.3 is 0 Å². The monoisotopic (exact) mass is 413 g/mol. The summed E-state index contributed by atoms with van der Waals surface area (Å²) in [6.07, 6.45) is 0.522. The minimum atomic E-state index is -3.80. The van der Waals surface area contributed by atoms with Crippen LogP contribution in [0.25, 0.3) is 0 Å². The van der Waals surface area contributed by atoms with Crippen molar-refractivity contribution in [1.29, 1.82) is 0 Å². The van der Waals surface area contributed by atoms with Crippen molar-refractivity contribution in [3.8, 4) is 0 Å². The summed E-state index contributed by atoms with van der Waals surface area (Å²) in [5.41, 5.74) is 3.03. The number of hydrogen-bond donors (Lipinski definition) is 1. The minimum absolute atomic E-state index is 0.00140. The van der Waals surface area contributed by atoms with Crippen molar-refractivity contribution >= 4 is 21.4 Å². The Morgan fingerprint density at radius 1 is 0.862 bits per heavy atom. The van der Waals surface area contributed by atoms with Crippen molar-refractivity contribution < 1.29 is 17.2 Å². The van der Waals surface area contributed by atoms with Gasteiger partial charge in [0.1, 0.15) is 11.6 Å². The third kappa shape index (κ3) is 4.03. The standard InChI is InChI=1S/C21H17F2N3O2S/c22-16-5-1-14(2-6-16)20-13-21(15-3-7-17(23)8-4-15)26(25-20)18-9-11-19(12-10-18)29(24,27)28/h1-12,21H,13H2,(H2,24,27,28)/t21-/m0/s1. The Labute approximate surface area is 167 Å². The number of nitrogens with two attached hydrogens (primary N) is 1. The van der Waals surface area contributed by atoms with Crippen LogP contribution in [-0.2, 0) is 10.0 Å². The van der Waals surface area contributed by atoms with Crippen LogP contribution < -0.4 is 10.1 Å². The summed E-state index contributed by atoms with van der Waals surface area (Å²) < 4.78 is 49.7. The highest BCUT2D eigenvalue weighted by Gasteiger charge is 2.30. The lowest BCUT2D eigenvalue weighted by atomic mass is 9.98. The van der Waals surface area contributed by atoms with Crippen LogP contribution in [0.1, 0.15) is 23.6 Å². The summed E-state index contributed by atoms with van der Waals surface area (Å²) in [7, 11) is -3.80. The number of hydrogen-bond acceptors (Lipinski definition) is 4. The molecule has 0 unspecified atom stereocenters. The maximum atomic E-state index is 13.4. The lowest BCUT2D eigenvalue weighted by Gasteiger charge is -2.24. The number of nitrogens with zero attached hydrogens (tertiary/aromatic N) is 2. The molecule has 0 aromatic heterocycles. The van der Waals surface area contributed by atoms with Crippen LogP contribution >= 0.6 is 0 Å². The summed E-state index contributed by atoms with van der Waals surface area (Å²) in [4.78, 5) is 0.00140. The van der Waals surface area contributed by atoms with Gasteiger partial charge in [-0.1, -0.05) is 24.3 Å². The zero-order valence-electron chi connectivity index (χ0n) is 15.2. The number of halogens is 2. The van der Waals surface area contributed by atoms with E-state index in [4.69, 9.17) is 5.14 Å². The zero-order valence-corrected chi connectivity index (χ0v) is 16.0. The van der Waals surface area contributed by atoms with E-state index in [0.29, 0.717) is 12.1 Å². The average molecular weight is 413 g/mol. The van der Waals surface area contributed by atoms with Crippen LogP contribution in [0.5, 0.6) is 0 Å². The van der Waals surface area contributed by atoms with Gasteiger partial charge in [-0.2, -0.15) is 5.10 Å². The first kappa shape index (κ1) is 19.2. The van der Waals surface area contributed by atoms with Crippen LogP contribution in [0.15, 0.2) is 82.8 Å². The van der Waals surface area contributed by atoms with Crippen molar-refractivity contribution in [3.63, 3.8) is 0 Å². The van der Waals surface area contributed by atoms with E-state index in [1.165, 1.54) is 36.4 Å². The molecule has 2 N–H and O–H groups in total. The fraction of sp³-hybridized carbons (Fsp3) is 0.0952. The van der Waals surface area contributed by atoms with E-state index in [1.54, 1.807) is 41.4 Å². The predicted octanol–water partition coefficient (Wildman–Crippen LogP) is 3.97. The number of sulfonamides is 1. The first-order valence-electron chi connectivity index (χ1n) is 8.82.